The largest absolute Gasteiger partial charge is 0.540 e. The molecule has 0 amide bonds. The molecule has 2 aromatic rings. The van der Waals surface area contributed by atoms with Crippen LogP contribution in [0.2, 0.25) is 36.3 Å². The zero-order valence-electron chi connectivity index (χ0n) is 26.6. The van der Waals surface area contributed by atoms with Gasteiger partial charge in [-0.15, -0.1) is 0 Å². The van der Waals surface area contributed by atoms with Gasteiger partial charge in [0.2, 0.25) is 0 Å². The second-order valence-corrected chi connectivity index (χ2v) is 24.0. The highest BCUT2D eigenvalue weighted by Gasteiger charge is 2.41. The molecule has 1 nitrogen and oxygen atoms in total. The molecule has 226 valence electrons. The highest BCUT2D eigenvalue weighted by Crippen LogP contribution is 2.42. The lowest BCUT2D eigenvalue weighted by molar-refractivity contribution is 0.419. The van der Waals surface area contributed by atoms with Crippen LogP contribution in [0.3, 0.4) is 0 Å². The van der Waals surface area contributed by atoms with Crippen molar-refractivity contribution >= 4 is 21.6 Å². The van der Waals surface area contributed by atoms with Gasteiger partial charge in [-0.1, -0.05) is 125 Å². The van der Waals surface area contributed by atoms with Crippen LogP contribution >= 0.6 is 0 Å². The first-order valence-corrected chi connectivity index (χ1v) is 21.9. The van der Waals surface area contributed by atoms with E-state index in [2.05, 4.69) is 64.1 Å². The normalized spacial score (nSPS) is 23.8. The molecule has 1 aliphatic carbocycles. The third-order valence-electron chi connectivity index (χ3n) is 10.7. The first kappa shape index (κ1) is 32.2. The van der Waals surface area contributed by atoms with Gasteiger partial charge in [0.25, 0.3) is 8.32 Å². The van der Waals surface area contributed by atoms with E-state index < -0.39 is 28.0 Å². The summed E-state index contributed by atoms with van der Waals surface area (Å²) < 4.78 is 36.2. The first-order valence-electron chi connectivity index (χ1n) is 16.4. The maximum absolute atomic E-state index is 15.1. The van der Waals surface area contributed by atoms with Gasteiger partial charge in [0.1, 0.15) is 0 Å². The molecule has 0 spiro atoms. The second-order valence-electron chi connectivity index (χ2n) is 14.6. The second kappa shape index (κ2) is 13.7. The molecule has 1 heterocycles. The van der Waals surface area contributed by atoms with Crippen LogP contribution in [-0.2, 0) is 0 Å². The van der Waals surface area contributed by atoms with Crippen molar-refractivity contribution in [3.63, 3.8) is 0 Å². The summed E-state index contributed by atoms with van der Waals surface area (Å²) in [6.07, 6.45) is 14.6. The number of allylic oxidation sites excluding steroid dienone is 2. The van der Waals surface area contributed by atoms with Gasteiger partial charge in [0.15, 0.2) is 17.4 Å². The van der Waals surface area contributed by atoms with E-state index in [4.69, 9.17) is 4.43 Å². The van der Waals surface area contributed by atoms with Crippen molar-refractivity contribution < 1.29 is 13.2 Å². The van der Waals surface area contributed by atoms with Gasteiger partial charge >= 0.3 is 0 Å². The Labute approximate surface area is 251 Å². The van der Waals surface area contributed by atoms with Crippen molar-refractivity contribution in [2.75, 3.05) is 0 Å². The molecule has 2 aromatic carbocycles. The third-order valence-corrected chi connectivity index (χ3v) is 20.4. The van der Waals surface area contributed by atoms with Gasteiger partial charge in [0, 0.05) is 0 Å². The predicted molar refractivity (Wildman–Crippen MR) is 177 cm³/mol. The van der Waals surface area contributed by atoms with Crippen molar-refractivity contribution in [3.8, 4) is 5.75 Å². The molecule has 1 saturated heterocycles. The van der Waals surface area contributed by atoms with Gasteiger partial charge in [-0.05, 0) is 79.8 Å². The van der Waals surface area contributed by atoms with Gasteiger partial charge in [-0.2, -0.15) is 0 Å². The number of hydrogen-bond acceptors (Lipinski definition) is 1. The molecule has 0 aromatic heterocycles. The molecule has 1 atom stereocenters. The van der Waals surface area contributed by atoms with Gasteiger partial charge in [0.05, 0.1) is 8.07 Å². The maximum atomic E-state index is 15.1. The Morgan fingerprint density at radius 1 is 0.951 bits per heavy atom. The molecule has 4 rings (SSSR count). The quantitative estimate of drug-likeness (QED) is 0.142. The minimum absolute atomic E-state index is 0.117. The van der Waals surface area contributed by atoms with E-state index in [1.54, 1.807) is 10.8 Å². The summed E-state index contributed by atoms with van der Waals surface area (Å²) in [5.41, 5.74) is 2.33. The number of benzene rings is 2. The summed E-state index contributed by atoms with van der Waals surface area (Å²) in [6.45, 7) is 12.6. The zero-order chi connectivity index (χ0) is 29.7. The van der Waals surface area contributed by atoms with Gasteiger partial charge in [-0.25, -0.2) is 8.78 Å². The minimum Gasteiger partial charge on any atom is -0.540 e. The lowest BCUT2D eigenvalue weighted by Gasteiger charge is -2.39. The average Bonchev–Trinajstić information content (AvgIpc) is 2.95. The highest BCUT2D eigenvalue weighted by molar-refractivity contribution is 6.92. The summed E-state index contributed by atoms with van der Waals surface area (Å²) in [4.78, 5) is 0. The Kier molecular flexibility index (Phi) is 10.8. The van der Waals surface area contributed by atoms with E-state index in [1.165, 1.54) is 75.2 Å². The van der Waals surface area contributed by atoms with Crippen LogP contribution in [0.1, 0.15) is 103 Å². The number of halogens is 2. The molecule has 0 N–H and O–H groups in total. The summed E-state index contributed by atoms with van der Waals surface area (Å²) in [5.74, 6) is -0.270. The molecule has 41 heavy (non-hydrogen) atoms. The van der Waals surface area contributed by atoms with E-state index in [-0.39, 0.29) is 16.7 Å². The molecular weight excluding hydrogens is 543 g/mol. The first-order chi connectivity index (χ1) is 19.4. The molecule has 0 bridgehead atoms. The van der Waals surface area contributed by atoms with E-state index in [0.29, 0.717) is 0 Å². The Bertz CT molecular complexity index is 1140. The van der Waals surface area contributed by atoms with Crippen LogP contribution in [-0.4, -0.2) is 16.4 Å². The highest BCUT2D eigenvalue weighted by atomic mass is 28.4. The van der Waals surface area contributed by atoms with Crippen LogP contribution < -0.4 is 9.61 Å². The average molecular weight is 597 g/mol. The summed E-state index contributed by atoms with van der Waals surface area (Å²) in [7, 11) is -3.69. The molecule has 1 unspecified atom stereocenters. The van der Waals surface area contributed by atoms with Crippen molar-refractivity contribution in [3.05, 3.63) is 71.3 Å². The van der Waals surface area contributed by atoms with Crippen LogP contribution in [0.5, 0.6) is 5.75 Å². The fourth-order valence-corrected chi connectivity index (χ4v) is 13.2. The van der Waals surface area contributed by atoms with Crippen LogP contribution in [0.25, 0.3) is 0 Å². The Morgan fingerprint density at radius 3 is 2.17 bits per heavy atom. The van der Waals surface area contributed by atoms with Crippen molar-refractivity contribution in [2.45, 2.75) is 134 Å². The van der Waals surface area contributed by atoms with Crippen LogP contribution in [0.4, 0.5) is 8.78 Å². The molecule has 0 radical (unpaired) electrons. The summed E-state index contributed by atoms with van der Waals surface area (Å²) >= 11 is 0. The molecule has 0 saturated carbocycles. The maximum Gasteiger partial charge on any atom is 0.250 e. The Balaban J connectivity index is 1.30. The van der Waals surface area contributed by atoms with Crippen molar-refractivity contribution in [1.29, 1.82) is 0 Å². The van der Waals surface area contributed by atoms with E-state index >= 15 is 8.78 Å². The Hall–Kier alpha value is -1.73. The monoisotopic (exact) mass is 596 g/mol. The summed E-state index contributed by atoms with van der Waals surface area (Å²) in [5, 5.41) is 1.58. The SMILES string of the molecule is CCCCC[Si]1(c2ccccc2)CCC(CCC2=CCC(c3cc(F)c(O[Si](C)(C)C(C)(C)C)c(F)c3)CC2)CC1. The molecule has 2 aliphatic rings. The van der Waals surface area contributed by atoms with Gasteiger partial charge in [-0.3, -0.25) is 0 Å². The predicted octanol–water partition coefficient (Wildman–Crippen LogP) is 11.3. The van der Waals surface area contributed by atoms with Crippen molar-refractivity contribution in [1.82, 2.24) is 0 Å². The van der Waals surface area contributed by atoms with Gasteiger partial charge < -0.3 is 4.43 Å². The molecule has 1 aliphatic heterocycles. The third kappa shape index (κ3) is 8.01. The number of hydrogen-bond donors (Lipinski definition) is 0. The smallest absolute Gasteiger partial charge is 0.250 e. The standard InChI is InChI=1S/C36H54F2OSi2/c1-7-8-12-23-41(32-13-10-9-11-14-32)24-21-29(22-25-41)16-15-28-17-19-30(20-18-28)31-26-33(37)35(34(38)27-31)39-40(5,6)36(2,3)4/h9-11,13-14,17,26-27,29-30H,7-8,12,15-16,18-25H2,1-6H3. The number of unbranched alkanes of at least 4 members (excludes halogenated alkanes) is 2. The molecule has 1 fully saturated rings. The lowest BCUT2D eigenvalue weighted by atomic mass is 9.82. The van der Waals surface area contributed by atoms with Crippen LogP contribution in [0.15, 0.2) is 54.1 Å². The van der Waals surface area contributed by atoms with E-state index in [1.807, 2.05) is 13.1 Å². The minimum atomic E-state index is -2.32. The molecular formula is C36H54F2OSi2. The Morgan fingerprint density at radius 2 is 1.61 bits per heavy atom. The van der Waals surface area contributed by atoms with E-state index in [0.717, 1.165) is 30.7 Å². The van der Waals surface area contributed by atoms with Crippen LogP contribution in [0, 0.1) is 17.6 Å². The summed E-state index contributed by atoms with van der Waals surface area (Å²) in [6, 6.07) is 19.0. The fourth-order valence-electron chi connectivity index (χ4n) is 6.84. The molecule has 5 heteroatoms. The lowest BCUT2D eigenvalue weighted by Crippen LogP contribution is -2.49. The topological polar surface area (TPSA) is 9.23 Å². The number of rotatable bonds is 11. The zero-order valence-corrected chi connectivity index (χ0v) is 28.6. The van der Waals surface area contributed by atoms with E-state index in [9.17, 15) is 0 Å². The fraction of sp³-hybridized carbons (Fsp3) is 0.611. The van der Waals surface area contributed by atoms with Crippen molar-refractivity contribution in [2.24, 2.45) is 5.92 Å².